The van der Waals surface area contributed by atoms with E-state index in [1.807, 2.05) is 6.92 Å². The summed E-state index contributed by atoms with van der Waals surface area (Å²) in [5.41, 5.74) is -0.180. The Balaban J connectivity index is 2.45. The minimum absolute atomic E-state index is 0.0381. The van der Waals surface area contributed by atoms with Gasteiger partial charge in [-0.15, -0.1) is 0 Å². The quantitative estimate of drug-likeness (QED) is 0.774. The van der Waals surface area contributed by atoms with Gasteiger partial charge in [0.1, 0.15) is 6.61 Å². The van der Waals surface area contributed by atoms with E-state index in [1.54, 1.807) is 7.11 Å². The van der Waals surface area contributed by atoms with E-state index >= 15 is 0 Å². The monoisotopic (exact) mass is 229 g/mol. The van der Waals surface area contributed by atoms with Crippen LogP contribution in [0.3, 0.4) is 0 Å². The summed E-state index contributed by atoms with van der Waals surface area (Å²) in [6.07, 6.45) is 0.856. The summed E-state index contributed by atoms with van der Waals surface area (Å²) >= 11 is 0. The fraction of sp³-hybridized carbons (Fsp3) is 0.917. The van der Waals surface area contributed by atoms with Crippen molar-refractivity contribution in [3.8, 4) is 0 Å². The molecule has 4 heteroatoms. The minimum atomic E-state index is -0.142. The van der Waals surface area contributed by atoms with E-state index in [2.05, 4.69) is 26.1 Å². The molecule has 0 spiro atoms. The Labute approximate surface area is 97.7 Å². The summed E-state index contributed by atoms with van der Waals surface area (Å²) < 4.78 is 10.6. The third-order valence-electron chi connectivity index (χ3n) is 4.05. The Kier molecular flexibility index (Phi) is 3.97. The highest BCUT2D eigenvalue weighted by Crippen LogP contribution is 2.51. The molecule has 4 nitrogen and oxygen atoms in total. The maximum absolute atomic E-state index is 11.5. The molecule has 0 aromatic carbocycles. The normalized spacial score (nSPS) is 31.9. The Morgan fingerprint density at radius 1 is 1.44 bits per heavy atom. The Hall–Kier alpha value is -0.610. The van der Waals surface area contributed by atoms with Gasteiger partial charge in [0, 0.05) is 25.2 Å². The van der Waals surface area contributed by atoms with Crippen LogP contribution in [0.25, 0.3) is 0 Å². The first-order chi connectivity index (χ1) is 7.37. The highest BCUT2D eigenvalue weighted by molar-refractivity contribution is 5.77. The van der Waals surface area contributed by atoms with Gasteiger partial charge in [-0.3, -0.25) is 4.79 Å². The minimum Gasteiger partial charge on any atom is -0.378 e. The van der Waals surface area contributed by atoms with Crippen LogP contribution >= 0.6 is 0 Å². The molecule has 1 fully saturated rings. The fourth-order valence-corrected chi connectivity index (χ4v) is 2.15. The molecule has 0 saturated heterocycles. The van der Waals surface area contributed by atoms with Crippen LogP contribution in [0.5, 0.6) is 0 Å². The van der Waals surface area contributed by atoms with Gasteiger partial charge in [-0.05, 0) is 20.3 Å². The standard InChI is InChI=1S/C12H23NO3/c1-6-16-8-10(14)13-9-7-12(4,15-5)11(9,2)3/h9H,6-8H2,1-5H3,(H,13,14)/t9-,12+/m0/s1. The van der Waals surface area contributed by atoms with Gasteiger partial charge in [0.05, 0.1) is 5.60 Å². The number of hydrogen-bond donors (Lipinski definition) is 1. The van der Waals surface area contributed by atoms with Gasteiger partial charge in [0.15, 0.2) is 0 Å². The number of nitrogens with one attached hydrogen (secondary N) is 1. The maximum Gasteiger partial charge on any atom is 0.246 e. The van der Waals surface area contributed by atoms with Crippen LogP contribution < -0.4 is 5.32 Å². The predicted molar refractivity (Wildman–Crippen MR) is 62.2 cm³/mol. The molecule has 0 aromatic heterocycles. The summed E-state index contributed by atoms with van der Waals surface area (Å²) in [5, 5.41) is 2.99. The Morgan fingerprint density at radius 2 is 2.06 bits per heavy atom. The summed E-state index contributed by atoms with van der Waals surface area (Å²) in [6, 6.07) is 0.172. The molecule has 1 amide bonds. The Morgan fingerprint density at radius 3 is 2.50 bits per heavy atom. The first kappa shape index (κ1) is 13.5. The molecule has 0 aliphatic heterocycles. The molecule has 94 valence electrons. The number of amides is 1. The zero-order chi connectivity index (χ0) is 12.4. The van der Waals surface area contributed by atoms with E-state index in [1.165, 1.54) is 0 Å². The first-order valence-corrected chi connectivity index (χ1v) is 5.79. The van der Waals surface area contributed by atoms with E-state index in [-0.39, 0.29) is 29.6 Å². The molecule has 0 aromatic rings. The lowest BCUT2D eigenvalue weighted by Crippen LogP contribution is -2.68. The molecule has 0 unspecified atom stereocenters. The third-order valence-corrected chi connectivity index (χ3v) is 4.05. The summed E-state index contributed by atoms with van der Waals surface area (Å²) in [7, 11) is 1.72. The van der Waals surface area contributed by atoms with Crippen LogP contribution in [0.2, 0.25) is 0 Å². The molecule has 16 heavy (non-hydrogen) atoms. The van der Waals surface area contributed by atoms with Crippen LogP contribution in [-0.2, 0) is 14.3 Å². The number of rotatable bonds is 5. The molecule has 1 saturated carbocycles. The van der Waals surface area contributed by atoms with E-state index in [0.717, 1.165) is 6.42 Å². The molecular weight excluding hydrogens is 206 g/mol. The van der Waals surface area contributed by atoms with Crippen LogP contribution in [0.1, 0.15) is 34.1 Å². The van der Waals surface area contributed by atoms with Crippen molar-refractivity contribution < 1.29 is 14.3 Å². The second kappa shape index (κ2) is 4.72. The average molecular weight is 229 g/mol. The first-order valence-electron chi connectivity index (χ1n) is 5.79. The van der Waals surface area contributed by atoms with E-state index in [9.17, 15) is 4.79 Å². The second-order valence-electron chi connectivity index (χ2n) is 5.12. The van der Waals surface area contributed by atoms with Crippen LogP contribution in [0, 0.1) is 5.41 Å². The van der Waals surface area contributed by atoms with Crippen molar-refractivity contribution in [2.24, 2.45) is 5.41 Å². The molecule has 0 bridgehead atoms. The molecule has 1 rings (SSSR count). The largest absolute Gasteiger partial charge is 0.378 e. The smallest absolute Gasteiger partial charge is 0.246 e. The van der Waals surface area contributed by atoms with Crippen molar-refractivity contribution in [1.29, 1.82) is 0 Å². The molecule has 2 atom stereocenters. The predicted octanol–water partition coefficient (Wildman–Crippen LogP) is 1.34. The van der Waals surface area contributed by atoms with Gasteiger partial charge < -0.3 is 14.8 Å². The molecule has 1 aliphatic carbocycles. The number of methoxy groups -OCH3 is 1. The van der Waals surface area contributed by atoms with E-state index in [4.69, 9.17) is 9.47 Å². The van der Waals surface area contributed by atoms with Crippen molar-refractivity contribution >= 4 is 5.91 Å². The van der Waals surface area contributed by atoms with Gasteiger partial charge in [0.2, 0.25) is 5.91 Å². The highest BCUT2D eigenvalue weighted by atomic mass is 16.5. The lowest BCUT2D eigenvalue weighted by molar-refractivity contribution is -0.183. The number of ether oxygens (including phenoxy) is 2. The summed E-state index contributed by atoms with van der Waals surface area (Å²) in [4.78, 5) is 11.5. The van der Waals surface area contributed by atoms with Gasteiger partial charge in [-0.25, -0.2) is 0 Å². The van der Waals surface area contributed by atoms with Gasteiger partial charge in [-0.2, -0.15) is 0 Å². The number of carbonyl (C=O) groups excluding carboxylic acids is 1. The fourth-order valence-electron chi connectivity index (χ4n) is 2.15. The third kappa shape index (κ3) is 2.23. The molecule has 1 N–H and O–H groups in total. The lowest BCUT2D eigenvalue weighted by atomic mass is 9.56. The molecule has 0 radical (unpaired) electrons. The summed E-state index contributed by atoms with van der Waals surface area (Å²) in [6.45, 7) is 8.90. The van der Waals surface area contributed by atoms with Crippen LogP contribution in [0.15, 0.2) is 0 Å². The SMILES string of the molecule is CCOCC(=O)N[C@H]1C[C@@](C)(OC)C1(C)C. The van der Waals surface area contributed by atoms with Crippen molar-refractivity contribution in [3.05, 3.63) is 0 Å². The van der Waals surface area contributed by atoms with Crippen molar-refractivity contribution in [2.45, 2.75) is 45.8 Å². The lowest BCUT2D eigenvalue weighted by Gasteiger charge is -2.59. The van der Waals surface area contributed by atoms with Crippen LogP contribution in [-0.4, -0.2) is 37.9 Å². The number of hydrogen-bond acceptors (Lipinski definition) is 3. The van der Waals surface area contributed by atoms with Gasteiger partial charge >= 0.3 is 0 Å². The maximum atomic E-state index is 11.5. The van der Waals surface area contributed by atoms with Gasteiger partial charge in [0.25, 0.3) is 0 Å². The topological polar surface area (TPSA) is 47.6 Å². The molecular formula is C12H23NO3. The Bertz CT molecular complexity index is 265. The van der Waals surface area contributed by atoms with Crippen molar-refractivity contribution in [2.75, 3.05) is 20.3 Å². The molecule has 0 heterocycles. The summed E-state index contributed by atoms with van der Waals surface area (Å²) in [5.74, 6) is -0.0434. The zero-order valence-corrected chi connectivity index (χ0v) is 10.9. The second-order valence-corrected chi connectivity index (χ2v) is 5.12. The van der Waals surface area contributed by atoms with Gasteiger partial charge in [-0.1, -0.05) is 13.8 Å². The average Bonchev–Trinajstić information content (AvgIpc) is 2.25. The van der Waals surface area contributed by atoms with Crippen molar-refractivity contribution in [1.82, 2.24) is 5.32 Å². The van der Waals surface area contributed by atoms with E-state index in [0.29, 0.717) is 6.61 Å². The number of carbonyl (C=O) groups is 1. The molecule has 1 aliphatic rings. The zero-order valence-electron chi connectivity index (χ0n) is 10.9. The van der Waals surface area contributed by atoms with E-state index < -0.39 is 0 Å². The highest BCUT2D eigenvalue weighted by Gasteiger charge is 2.58. The van der Waals surface area contributed by atoms with Crippen molar-refractivity contribution in [3.63, 3.8) is 0 Å². The van der Waals surface area contributed by atoms with Crippen LogP contribution in [0.4, 0.5) is 0 Å².